The molecular formula is C20H26N2O5S. The molecule has 1 atom stereocenters. The summed E-state index contributed by atoms with van der Waals surface area (Å²) in [6.45, 7) is 3.84. The van der Waals surface area contributed by atoms with Gasteiger partial charge in [0.2, 0.25) is 15.9 Å². The summed E-state index contributed by atoms with van der Waals surface area (Å²) in [6, 6.07) is 11.5. The van der Waals surface area contributed by atoms with E-state index >= 15 is 0 Å². The number of hydrogen-bond acceptors (Lipinski definition) is 5. The molecule has 0 saturated carbocycles. The Morgan fingerprint density at radius 1 is 1.07 bits per heavy atom. The van der Waals surface area contributed by atoms with Crippen LogP contribution in [0.2, 0.25) is 0 Å². The average molecular weight is 407 g/mol. The van der Waals surface area contributed by atoms with E-state index in [9.17, 15) is 13.2 Å². The Morgan fingerprint density at radius 3 is 2.21 bits per heavy atom. The van der Waals surface area contributed by atoms with Crippen molar-refractivity contribution < 1.29 is 22.7 Å². The van der Waals surface area contributed by atoms with E-state index in [1.807, 2.05) is 31.2 Å². The fourth-order valence-corrected chi connectivity index (χ4v) is 3.98. The Morgan fingerprint density at radius 2 is 1.68 bits per heavy atom. The fourth-order valence-electron chi connectivity index (χ4n) is 2.81. The van der Waals surface area contributed by atoms with E-state index in [4.69, 9.17) is 9.47 Å². The molecule has 152 valence electrons. The van der Waals surface area contributed by atoms with E-state index in [0.29, 0.717) is 23.7 Å². The SMILES string of the molecule is COc1ccc(N([C@H](C)C(=O)NCc2ccc(C)cc2)S(C)(=O)=O)cc1OC. The molecule has 0 bridgehead atoms. The van der Waals surface area contributed by atoms with Crippen molar-refractivity contribution in [1.29, 1.82) is 0 Å². The number of anilines is 1. The van der Waals surface area contributed by atoms with Crippen molar-refractivity contribution in [3.8, 4) is 11.5 Å². The highest BCUT2D eigenvalue weighted by molar-refractivity contribution is 7.92. The first-order chi connectivity index (χ1) is 13.2. The number of carbonyl (C=O) groups excluding carboxylic acids is 1. The quantitative estimate of drug-likeness (QED) is 0.728. The second kappa shape index (κ2) is 8.97. The largest absolute Gasteiger partial charge is 0.493 e. The number of nitrogens with one attached hydrogen (secondary N) is 1. The molecule has 28 heavy (non-hydrogen) atoms. The average Bonchev–Trinajstić information content (AvgIpc) is 2.66. The number of hydrogen-bond donors (Lipinski definition) is 1. The standard InChI is InChI=1S/C20H26N2O5S/c1-14-6-8-16(9-7-14)13-21-20(23)15(2)22(28(5,24)25)17-10-11-18(26-3)19(12-17)27-4/h6-12,15H,13H2,1-5H3,(H,21,23)/t15-/m1/s1. The summed E-state index contributed by atoms with van der Waals surface area (Å²) in [5, 5.41) is 2.79. The van der Waals surface area contributed by atoms with Gasteiger partial charge < -0.3 is 14.8 Å². The summed E-state index contributed by atoms with van der Waals surface area (Å²) >= 11 is 0. The van der Waals surface area contributed by atoms with Crippen LogP contribution >= 0.6 is 0 Å². The number of rotatable bonds is 8. The first kappa shape index (κ1) is 21.6. The van der Waals surface area contributed by atoms with Gasteiger partial charge in [0.25, 0.3) is 0 Å². The maximum atomic E-state index is 12.6. The summed E-state index contributed by atoms with van der Waals surface area (Å²) in [4.78, 5) is 12.6. The Bertz CT molecular complexity index is 926. The summed E-state index contributed by atoms with van der Waals surface area (Å²) in [7, 11) is -0.764. The Balaban J connectivity index is 2.25. The topological polar surface area (TPSA) is 84.9 Å². The van der Waals surface area contributed by atoms with Gasteiger partial charge in [-0.2, -0.15) is 0 Å². The second-order valence-corrected chi connectivity index (χ2v) is 8.34. The number of sulfonamides is 1. The smallest absolute Gasteiger partial charge is 0.243 e. The molecule has 0 aliphatic rings. The number of aryl methyl sites for hydroxylation is 1. The van der Waals surface area contributed by atoms with Gasteiger partial charge in [-0.1, -0.05) is 29.8 Å². The molecule has 8 heteroatoms. The molecule has 0 saturated heterocycles. The molecule has 2 rings (SSSR count). The highest BCUT2D eigenvalue weighted by atomic mass is 32.2. The zero-order chi connectivity index (χ0) is 20.9. The van der Waals surface area contributed by atoms with Crippen molar-refractivity contribution >= 4 is 21.6 Å². The van der Waals surface area contributed by atoms with Gasteiger partial charge in [0.1, 0.15) is 6.04 Å². The highest BCUT2D eigenvalue weighted by Gasteiger charge is 2.29. The van der Waals surface area contributed by atoms with Crippen LogP contribution in [0.25, 0.3) is 0 Å². The first-order valence-corrected chi connectivity index (χ1v) is 10.6. The van der Waals surface area contributed by atoms with Crippen LogP contribution < -0.4 is 19.1 Å². The maximum absolute atomic E-state index is 12.6. The van der Waals surface area contributed by atoms with Crippen molar-refractivity contribution in [3.63, 3.8) is 0 Å². The monoisotopic (exact) mass is 406 g/mol. The maximum Gasteiger partial charge on any atom is 0.243 e. The number of ether oxygens (including phenoxy) is 2. The summed E-state index contributed by atoms with van der Waals surface area (Å²) in [6.07, 6.45) is 1.06. The third kappa shape index (κ3) is 5.16. The molecule has 0 heterocycles. The number of methoxy groups -OCH3 is 2. The molecule has 2 aromatic rings. The predicted molar refractivity (Wildman–Crippen MR) is 109 cm³/mol. The van der Waals surface area contributed by atoms with Gasteiger partial charge >= 0.3 is 0 Å². The van der Waals surface area contributed by atoms with E-state index in [0.717, 1.165) is 21.7 Å². The molecule has 7 nitrogen and oxygen atoms in total. The molecule has 1 amide bonds. The molecule has 2 aromatic carbocycles. The minimum atomic E-state index is -3.72. The Hall–Kier alpha value is -2.74. The fraction of sp³-hybridized carbons (Fsp3) is 0.350. The first-order valence-electron chi connectivity index (χ1n) is 8.72. The lowest BCUT2D eigenvalue weighted by molar-refractivity contribution is -0.122. The van der Waals surface area contributed by atoms with E-state index < -0.39 is 22.0 Å². The van der Waals surface area contributed by atoms with Gasteiger partial charge in [0.15, 0.2) is 11.5 Å². The predicted octanol–water partition coefficient (Wildman–Crippen LogP) is 2.48. The zero-order valence-electron chi connectivity index (χ0n) is 16.7. The number of carbonyl (C=O) groups is 1. The zero-order valence-corrected chi connectivity index (χ0v) is 17.5. The van der Waals surface area contributed by atoms with Crippen molar-refractivity contribution in [2.75, 3.05) is 24.8 Å². The summed E-state index contributed by atoms with van der Waals surface area (Å²) in [5.41, 5.74) is 2.38. The lowest BCUT2D eigenvalue weighted by Gasteiger charge is -2.28. The molecule has 0 aliphatic carbocycles. The molecule has 0 fully saturated rings. The van der Waals surface area contributed by atoms with Crippen LogP contribution in [0.15, 0.2) is 42.5 Å². The van der Waals surface area contributed by atoms with E-state index in [2.05, 4.69) is 5.32 Å². The Kier molecular flexibility index (Phi) is 6.90. The van der Waals surface area contributed by atoms with Crippen LogP contribution in [-0.2, 0) is 21.4 Å². The third-order valence-electron chi connectivity index (χ3n) is 4.30. The van der Waals surface area contributed by atoms with E-state index in [-0.39, 0.29) is 0 Å². The van der Waals surface area contributed by atoms with E-state index in [1.165, 1.54) is 20.3 Å². The second-order valence-electron chi connectivity index (χ2n) is 6.48. The van der Waals surface area contributed by atoms with Crippen molar-refractivity contribution in [3.05, 3.63) is 53.6 Å². The van der Waals surface area contributed by atoms with Gasteiger partial charge in [-0.25, -0.2) is 8.42 Å². The number of nitrogens with zero attached hydrogens (tertiary/aromatic N) is 1. The third-order valence-corrected chi connectivity index (χ3v) is 5.54. The van der Waals surface area contributed by atoms with Gasteiger partial charge in [0, 0.05) is 12.6 Å². The van der Waals surface area contributed by atoms with Crippen LogP contribution in [0.1, 0.15) is 18.1 Å². The molecule has 0 aromatic heterocycles. The van der Waals surface area contributed by atoms with Crippen LogP contribution in [0.3, 0.4) is 0 Å². The lowest BCUT2D eigenvalue weighted by atomic mass is 10.1. The molecule has 0 unspecified atom stereocenters. The molecular weight excluding hydrogens is 380 g/mol. The summed E-state index contributed by atoms with van der Waals surface area (Å²) in [5.74, 6) is 0.442. The van der Waals surface area contributed by atoms with Crippen LogP contribution in [0.5, 0.6) is 11.5 Å². The van der Waals surface area contributed by atoms with Crippen molar-refractivity contribution in [2.45, 2.75) is 26.4 Å². The lowest BCUT2D eigenvalue weighted by Crippen LogP contribution is -2.47. The van der Waals surface area contributed by atoms with Gasteiger partial charge in [0.05, 0.1) is 26.2 Å². The van der Waals surface area contributed by atoms with Crippen molar-refractivity contribution in [1.82, 2.24) is 5.32 Å². The van der Waals surface area contributed by atoms with Gasteiger partial charge in [-0.05, 0) is 31.5 Å². The number of amides is 1. The molecule has 0 spiro atoms. The Labute approximate surface area is 166 Å². The van der Waals surface area contributed by atoms with Gasteiger partial charge in [-0.15, -0.1) is 0 Å². The summed E-state index contributed by atoms with van der Waals surface area (Å²) < 4.78 is 36.3. The van der Waals surface area contributed by atoms with Gasteiger partial charge in [-0.3, -0.25) is 9.10 Å². The molecule has 0 aliphatic heterocycles. The minimum Gasteiger partial charge on any atom is -0.493 e. The number of benzene rings is 2. The van der Waals surface area contributed by atoms with E-state index in [1.54, 1.807) is 19.1 Å². The van der Waals surface area contributed by atoms with Crippen LogP contribution in [0.4, 0.5) is 5.69 Å². The normalized spacial score (nSPS) is 12.2. The highest BCUT2D eigenvalue weighted by Crippen LogP contribution is 2.33. The van der Waals surface area contributed by atoms with Crippen LogP contribution in [0, 0.1) is 6.92 Å². The molecule has 1 N–H and O–H groups in total. The molecule has 0 radical (unpaired) electrons. The minimum absolute atomic E-state index is 0.312. The van der Waals surface area contributed by atoms with Crippen molar-refractivity contribution in [2.24, 2.45) is 0 Å². The van der Waals surface area contributed by atoms with Crippen LogP contribution in [-0.4, -0.2) is 40.8 Å².